The number of amides is 1. The molecule has 1 aliphatic rings. The second-order valence-corrected chi connectivity index (χ2v) is 5.94. The molecule has 1 aliphatic heterocycles. The molecule has 0 unspecified atom stereocenters. The SMILES string of the molecule is O=C(NCC1CCOCC1)c1n[nH]c2ccc(Br)cc12. The Labute approximate surface area is 125 Å². The summed E-state index contributed by atoms with van der Waals surface area (Å²) in [5.41, 5.74) is 1.32. The van der Waals surface area contributed by atoms with Gasteiger partial charge in [-0.3, -0.25) is 9.89 Å². The van der Waals surface area contributed by atoms with Crippen molar-refractivity contribution in [2.24, 2.45) is 5.92 Å². The first-order valence-corrected chi connectivity index (χ1v) is 7.53. The van der Waals surface area contributed by atoms with Gasteiger partial charge in [0.15, 0.2) is 5.69 Å². The molecule has 0 spiro atoms. The lowest BCUT2D eigenvalue weighted by Gasteiger charge is -2.21. The van der Waals surface area contributed by atoms with Crippen LogP contribution in [0.3, 0.4) is 0 Å². The molecular formula is C14H16BrN3O2. The summed E-state index contributed by atoms with van der Waals surface area (Å²) < 4.78 is 6.25. The van der Waals surface area contributed by atoms with Crippen LogP contribution in [0, 0.1) is 5.92 Å². The number of carbonyl (C=O) groups excluding carboxylic acids is 1. The van der Waals surface area contributed by atoms with E-state index in [0.717, 1.165) is 41.4 Å². The van der Waals surface area contributed by atoms with E-state index in [9.17, 15) is 4.79 Å². The van der Waals surface area contributed by atoms with Crippen molar-refractivity contribution < 1.29 is 9.53 Å². The van der Waals surface area contributed by atoms with E-state index in [-0.39, 0.29) is 5.91 Å². The first-order valence-electron chi connectivity index (χ1n) is 6.73. The Morgan fingerprint density at radius 1 is 1.45 bits per heavy atom. The van der Waals surface area contributed by atoms with Crippen LogP contribution < -0.4 is 5.32 Å². The van der Waals surface area contributed by atoms with Crippen LogP contribution in [-0.4, -0.2) is 35.9 Å². The molecule has 0 atom stereocenters. The minimum Gasteiger partial charge on any atom is -0.381 e. The van der Waals surface area contributed by atoms with Crippen molar-refractivity contribution in [3.05, 3.63) is 28.4 Å². The number of ether oxygens (including phenoxy) is 1. The quantitative estimate of drug-likeness (QED) is 0.904. The minimum absolute atomic E-state index is 0.124. The number of hydrogen-bond acceptors (Lipinski definition) is 3. The van der Waals surface area contributed by atoms with Gasteiger partial charge >= 0.3 is 0 Å². The van der Waals surface area contributed by atoms with Crippen molar-refractivity contribution in [3.63, 3.8) is 0 Å². The molecule has 5 nitrogen and oxygen atoms in total. The predicted molar refractivity (Wildman–Crippen MR) is 79.7 cm³/mol. The maximum absolute atomic E-state index is 12.2. The van der Waals surface area contributed by atoms with Crippen LogP contribution in [0.15, 0.2) is 22.7 Å². The first-order chi connectivity index (χ1) is 9.74. The molecule has 1 fully saturated rings. The molecule has 20 heavy (non-hydrogen) atoms. The molecule has 3 rings (SSSR count). The highest BCUT2D eigenvalue weighted by Gasteiger charge is 2.18. The molecule has 0 aliphatic carbocycles. The second kappa shape index (κ2) is 5.93. The lowest BCUT2D eigenvalue weighted by Crippen LogP contribution is -2.32. The lowest BCUT2D eigenvalue weighted by molar-refractivity contribution is 0.0642. The molecule has 1 aromatic carbocycles. The minimum atomic E-state index is -0.124. The van der Waals surface area contributed by atoms with E-state index in [1.54, 1.807) is 0 Å². The average Bonchev–Trinajstić information content (AvgIpc) is 2.89. The Morgan fingerprint density at radius 3 is 3.05 bits per heavy atom. The molecule has 0 radical (unpaired) electrons. The summed E-state index contributed by atoms with van der Waals surface area (Å²) in [5, 5.41) is 10.8. The van der Waals surface area contributed by atoms with E-state index in [0.29, 0.717) is 18.2 Å². The highest BCUT2D eigenvalue weighted by atomic mass is 79.9. The number of benzene rings is 1. The molecule has 0 saturated carbocycles. The third-order valence-corrected chi connectivity index (χ3v) is 4.13. The van der Waals surface area contributed by atoms with Crippen molar-refractivity contribution in [1.82, 2.24) is 15.5 Å². The van der Waals surface area contributed by atoms with E-state index in [1.165, 1.54) is 0 Å². The van der Waals surface area contributed by atoms with Gasteiger partial charge in [-0.2, -0.15) is 5.10 Å². The van der Waals surface area contributed by atoms with Crippen LogP contribution in [0.2, 0.25) is 0 Å². The fourth-order valence-corrected chi connectivity index (χ4v) is 2.79. The second-order valence-electron chi connectivity index (χ2n) is 5.03. The highest BCUT2D eigenvalue weighted by molar-refractivity contribution is 9.10. The highest BCUT2D eigenvalue weighted by Crippen LogP contribution is 2.21. The maximum Gasteiger partial charge on any atom is 0.272 e. The molecule has 1 amide bonds. The summed E-state index contributed by atoms with van der Waals surface area (Å²) in [6.07, 6.45) is 2.01. The van der Waals surface area contributed by atoms with Crippen LogP contribution in [0.1, 0.15) is 23.3 Å². The summed E-state index contributed by atoms with van der Waals surface area (Å²) in [5.74, 6) is 0.380. The summed E-state index contributed by atoms with van der Waals surface area (Å²) in [7, 11) is 0. The Kier molecular flexibility index (Phi) is 4.03. The molecule has 0 bridgehead atoms. The van der Waals surface area contributed by atoms with Gasteiger partial charge in [0.1, 0.15) is 0 Å². The van der Waals surface area contributed by atoms with E-state index in [1.807, 2.05) is 18.2 Å². The van der Waals surface area contributed by atoms with Gasteiger partial charge in [0, 0.05) is 29.6 Å². The van der Waals surface area contributed by atoms with Crippen molar-refractivity contribution in [3.8, 4) is 0 Å². The number of carbonyl (C=O) groups is 1. The Hall–Kier alpha value is -1.40. The van der Waals surface area contributed by atoms with Crippen molar-refractivity contribution in [2.75, 3.05) is 19.8 Å². The van der Waals surface area contributed by atoms with Crippen LogP contribution in [0.25, 0.3) is 10.9 Å². The topological polar surface area (TPSA) is 67.0 Å². The fraction of sp³-hybridized carbons (Fsp3) is 0.429. The number of fused-ring (bicyclic) bond motifs is 1. The van der Waals surface area contributed by atoms with Gasteiger partial charge in [0.2, 0.25) is 0 Å². The number of rotatable bonds is 3. The molecule has 106 valence electrons. The van der Waals surface area contributed by atoms with Crippen molar-refractivity contribution >= 4 is 32.7 Å². The zero-order chi connectivity index (χ0) is 13.9. The van der Waals surface area contributed by atoms with E-state index in [4.69, 9.17) is 4.74 Å². The predicted octanol–water partition coefficient (Wildman–Crippen LogP) is 2.48. The molecular weight excluding hydrogens is 322 g/mol. The van der Waals surface area contributed by atoms with Gasteiger partial charge in [-0.1, -0.05) is 15.9 Å². The molecule has 2 heterocycles. The number of nitrogens with zero attached hydrogens (tertiary/aromatic N) is 1. The summed E-state index contributed by atoms with van der Waals surface area (Å²) in [6, 6.07) is 5.73. The summed E-state index contributed by atoms with van der Waals surface area (Å²) >= 11 is 3.41. The average molecular weight is 338 g/mol. The number of aromatic nitrogens is 2. The maximum atomic E-state index is 12.2. The molecule has 1 saturated heterocycles. The van der Waals surface area contributed by atoms with Crippen molar-refractivity contribution in [1.29, 1.82) is 0 Å². The van der Waals surface area contributed by atoms with Gasteiger partial charge in [0.25, 0.3) is 5.91 Å². The molecule has 2 N–H and O–H groups in total. The van der Waals surface area contributed by atoms with Crippen LogP contribution >= 0.6 is 15.9 Å². The summed E-state index contributed by atoms with van der Waals surface area (Å²) in [4.78, 5) is 12.2. The number of halogens is 1. The van der Waals surface area contributed by atoms with Gasteiger partial charge in [0.05, 0.1) is 5.52 Å². The van der Waals surface area contributed by atoms with E-state index < -0.39 is 0 Å². The zero-order valence-electron chi connectivity index (χ0n) is 11.0. The molecule has 2 aromatic rings. The third-order valence-electron chi connectivity index (χ3n) is 3.63. The van der Waals surface area contributed by atoms with Crippen LogP contribution in [0.4, 0.5) is 0 Å². The third kappa shape index (κ3) is 2.86. The van der Waals surface area contributed by atoms with Gasteiger partial charge < -0.3 is 10.1 Å². The Morgan fingerprint density at radius 2 is 2.25 bits per heavy atom. The first kappa shape index (κ1) is 13.6. The molecule has 1 aromatic heterocycles. The zero-order valence-corrected chi connectivity index (χ0v) is 12.6. The summed E-state index contributed by atoms with van der Waals surface area (Å²) in [6.45, 7) is 2.27. The Bertz CT molecular complexity index is 620. The van der Waals surface area contributed by atoms with E-state index >= 15 is 0 Å². The Balaban J connectivity index is 1.70. The standard InChI is InChI=1S/C14H16BrN3O2/c15-10-1-2-12-11(7-10)13(18-17-12)14(19)16-8-9-3-5-20-6-4-9/h1-2,7,9H,3-6,8H2,(H,16,19)(H,17,18). The lowest BCUT2D eigenvalue weighted by atomic mass is 10.0. The number of H-pyrrole nitrogens is 1. The van der Waals surface area contributed by atoms with E-state index in [2.05, 4.69) is 31.4 Å². The largest absolute Gasteiger partial charge is 0.381 e. The van der Waals surface area contributed by atoms with Gasteiger partial charge in [-0.15, -0.1) is 0 Å². The van der Waals surface area contributed by atoms with Gasteiger partial charge in [-0.05, 0) is 37.0 Å². The molecule has 6 heteroatoms. The normalized spacial score (nSPS) is 16.4. The number of hydrogen-bond donors (Lipinski definition) is 2. The number of aromatic amines is 1. The van der Waals surface area contributed by atoms with Gasteiger partial charge in [-0.25, -0.2) is 0 Å². The van der Waals surface area contributed by atoms with Crippen LogP contribution in [-0.2, 0) is 4.74 Å². The smallest absolute Gasteiger partial charge is 0.272 e. The van der Waals surface area contributed by atoms with Crippen molar-refractivity contribution in [2.45, 2.75) is 12.8 Å². The monoisotopic (exact) mass is 337 g/mol. The fourth-order valence-electron chi connectivity index (χ4n) is 2.43. The number of nitrogens with one attached hydrogen (secondary N) is 2. The van der Waals surface area contributed by atoms with Crippen LogP contribution in [0.5, 0.6) is 0 Å².